The monoisotopic (exact) mass is 489 g/mol. The number of rotatable bonds is 9. The molecule has 0 spiro atoms. The van der Waals surface area contributed by atoms with Crippen LogP contribution in [0.1, 0.15) is 36.2 Å². The highest BCUT2D eigenvalue weighted by atomic mass is 127. The van der Waals surface area contributed by atoms with Crippen LogP contribution in [0.2, 0.25) is 0 Å². The molecule has 0 aromatic heterocycles. The third-order valence-electron chi connectivity index (χ3n) is 3.58. The van der Waals surface area contributed by atoms with Gasteiger partial charge >= 0.3 is 0 Å². The SMILES string of the molecule is CCCNC(=O)CN=C(NCC)NCCc1cccc(C(=O)N(C)C)c1.I. The summed E-state index contributed by atoms with van der Waals surface area (Å²) >= 11 is 0. The summed E-state index contributed by atoms with van der Waals surface area (Å²) in [5, 5.41) is 9.14. The second-order valence-corrected chi connectivity index (χ2v) is 6.12. The molecule has 0 saturated carbocycles. The van der Waals surface area contributed by atoms with Gasteiger partial charge in [-0.05, 0) is 37.5 Å². The highest BCUT2D eigenvalue weighted by Gasteiger charge is 2.08. The Balaban J connectivity index is 0.00000676. The van der Waals surface area contributed by atoms with Crippen LogP contribution in [0.15, 0.2) is 29.3 Å². The third kappa shape index (κ3) is 10.2. The predicted octanol–water partition coefficient (Wildman–Crippen LogP) is 1.63. The Bertz CT molecular complexity index is 620. The van der Waals surface area contributed by atoms with Crippen LogP contribution in [-0.2, 0) is 11.2 Å². The number of benzene rings is 1. The van der Waals surface area contributed by atoms with Crippen LogP contribution in [-0.4, -0.2) is 62.9 Å². The van der Waals surface area contributed by atoms with Crippen LogP contribution in [0.4, 0.5) is 0 Å². The van der Waals surface area contributed by atoms with E-state index in [1.54, 1.807) is 19.0 Å². The summed E-state index contributed by atoms with van der Waals surface area (Å²) < 4.78 is 0. The van der Waals surface area contributed by atoms with E-state index >= 15 is 0 Å². The number of halogens is 1. The van der Waals surface area contributed by atoms with E-state index in [-0.39, 0.29) is 42.3 Å². The molecule has 0 atom stereocenters. The van der Waals surface area contributed by atoms with Gasteiger partial charge in [-0.25, -0.2) is 4.99 Å². The predicted molar refractivity (Wildman–Crippen MR) is 121 cm³/mol. The maximum atomic E-state index is 12.0. The van der Waals surface area contributed by atoms with Crippen molar-refractivity contribution >= 4 is 41.8 Å². The van der Waals surface area contributed by atoms with Crippen molar-refractivity contribution in [3.63, 3.8) is 0 Å². The zero-order chi connectivity index (χ0) is 19.4. The minimum atomic E-state index is -0.0843. The van der Waals surface area contributed by atoms with Gasteiger partial charge in [0.1, 0.15) is 6.54 Å². The number of guanidine groups is 1. The Morgan fingerprint density at radius 3 is 2.44 bits per heavy atom. The van der Waals surface area contributed by atoms with Crippen LogP contribution >= 0.6 is 24.0 Å². The molecule has 7 nitrogen and oxygen atoms in total. The molecule has 152 valence electrons. The van der Waals surface area contributed by atoms with Crippen molar-refractivity contribution in [2.45, 2.75) is 26.7 Å². The van der Waals surface area contributed by atoms with Crippen molar-refractivity contribution in [3.05, 3.63) is 35.4 Å². The van der Waals surface area contributed by atoms with Gasteiger partial charge in [-0.3, -0.25) is 9.59 Å². The van der Waals surface area contributed by atoms with Crippen molar-refractivity contribution in [2.75, 3.05) is 40.3 Å². The molecule has 0 aliphatic carbocycles. The van der Waals surface area contributed by atoms with E-state index in [9.17, 15) is 9.59 Å². The molecule has 3 N–H and O–H groups in total. The molecule has 0 aliphatic heterocycles. The van der Waals surface area contributed by atoms with Gasteiger partial charge in [0.25, 0.3) is 5.91 Å². The van der Waals surface area contributed by atoms with E-state index in [2.05, 4.69) is 20.9 Å². The maximum absolute atomic E-state index is 12.0. The quantitative estimate of drug-likeness (QED) is 0.280. The lowest BCUT2D eigenvalue weighted by Gasteiger charge is -2.13. The summed E-state index contributed by atoms with van der Waals surface area (Å²) in [4.78, 5) is 29.5. The lowest BCUT2D eigenvalue weighted by atomic mass is 10.1. The first-order chi connectivity index (χ1) is 12.5. The first-order valence-corrected chi connectivity index (χ1v) is 9.07. The molecule has 1 rings (SSSR count). The topological polar surface area (TPSA) is 85.8 Å². The van der Waals surface area contributed by atoms with Crippen LogP contribution in [0.25, 0.3) is 0 Å². The fourth-order valence-electron chi connectivity index (χ4n) is 2.26. The van der Waals surface area contributed by atoms with Crippen LogP contribution < -0.4 is 16.0 Å². The molecule has 2 amide bonds. The Labute approximate surface area is 179 Å². The van der Waals surface area contributed by atoms with Crippen LogP contribution in [0.5, 0.6) is 0 Å². The van der Waals surface area contributed by atoms with Crippen LogP contribution in [0.3, 0.4) is 0 Å². The standard InChI is InChI=1S/C19H31N5O2.HI/c1-5-11-21-17(25)14-23-19(20-6-2)22-12-10-15-8-7-9-16(13-15)18(26)24(3)4;/h7-9,13H,5-6,10-12,14H2,1-4H3,(H,21,25)(H2,20,22,23);1H. The molecule has 27 heavy (non-hydrogen) atoms. The highest BCUT2D eigenvalue weighted by Crippen LogP contribution is 2.07. The van der Waals surface area contributed by atoms with E-state index in [4.69, 9.17) is 0 Å². The van der Waals surface area contributed by atoms with E-state index in [0.29, 0.717) is 24.6 Å². The fraction of sp³-hybridized carbons (Fsp3) is 0.526. The van der Waals surface area contributed by atoms with Crippen molar-refractivity contribution in [3.8, 4) is 0 Å². The summed E-state index contributed by atoms with van der Waals surface area (Å²) in [6.07, 6.45) is 1.66. The van der Waals surface area contributed by atoms with Crippen molar-refractivity contribution in [1.29, 1.82) is 0 Å². The normalized spacial score (nSPS) is 10.6. The van der Waals surface area contributed by atoms with Gasteiger partial charge in [0.2, 0.25) is 5.91 Å². The number of nitrogens with zero attached hydrogens (tertiary/aromatic N) is 2. The molecule has 1 aromatic carbocycles. The van der Waals surface area contributed by atoms with Gasteiger partial charge in [0.15, 0.2) is 5.96 Å². The number of hydrogen-bond acceptors (Lipinski definition) is 3. The number of carbonyl (C=O) groups excluding carboxylic acids is 2. The first-order valence-electron chi connectivity index (χ1n) is 9.07. The van der Waals surface area contributed by atoms with E-state index in [0.717, 1.165) is 24.9 Å². The summed E-state index contributed by atoms with van der Waals surface area (Å²) in [6, 6.07) is 7.62. The lowest BCUT2D eigenvalue weighted by Crippen LogP contribution is -2.39. The van der Waals surface area contributed by atoms with Gasteiger partial charge in [0, 0.05) is 39.3 Å². The first kappa shape index (κ1) is 25.2. The van der Waals surface area contributed by atoms with Crippen LogP contribution in [0, 0.1) is 0 Å². The molecule has 0 saturated heterocycles. The molecule has 8 heteroatoms. The molecule has 0 bridgehead atoms. The Kier molecular flexibility index (Phi) is 13.3. The molecule has 0 fully saturated rings. The van der Waals surface area contributed by atoms with Gasteiger partial charge < -0.3 is 20.9 Å². The van der Waals surface area contributed by atoms with E-state index in [1.807, 2.05) is 38.1 Å². The average Bonchev–Trinajstić information content (AvgIpc) is 2.63. The summed E-state index contributed by atoms with van der Waals surface area (Å²) in [7, 11) is 3.48. The Morgan fingerprint density at radius 2 is 1.81 bits per heavy atom. The van der Waals surface area contributed by atoms with Gasteiger partial charge in [-0.1, -0.05) is 19.1 Å². The lowest BCUT2D eigenvalue weighted by molar-refractivity contribution is -0.119. The number of hydrogen-bond donors (Lipinski definition) is 3. The van der Waals surface area contributed by atoms with Crippen molar-refractivity contribution < 1.29 is 9.59 Å². The molecular weight excluding hydrogens is 457 g/mol. The van der Waals surface area contributed by atoms with Gasteiger partial charge in [-0.2, -0.15) is 0 Å². The molecule has 1 aromatic rings. The minimum Gasteiger partial charge on any atom is -0.357 e. The molecule has 0 aliphatic rings. The number of aliphatic imine (C=N–C) groups is 1. The molecule has 0 unspecified atom stereocenters. The third-order valence-corrected chi connectivity index (χ3v) is 3.58. The summed E-state index contributed by atoms with van der Waals surface area (Å²) in [5.74, 6) is 0.520. The zero-order valence-electron chi connectivity index (χ0n) is 16.7. The highest BCUT2D eigenvalue weighted by molar-refractivity contribution is 14.0. The largest absolute Gasteiger partial charge is 0.357 e. The second kappa shape index (κ2) is 14.2. The number of carbonyl (C=O) groups is 2. The number of nitrogens with one attached hydrogen (secondary N) is 3. The zero-order valence-corrected chi connectivity index (χ0v) is 19.0. The molecule has 0 heterocycles. The Hall–Kier alpha value is -1.84. The maximum Gasteiger partial charge on any atom is 0.253 e. The summed E-state index contributed by atoms with van der Waals surface area (Å²) in [6.45, 7) is 6.13. The summed E-state index contributed by atoms with van der Waals surface area (Å²) in [5.41, 5.74) is 1.75. The molecular formula is C19H32IN5O2. The van der Waals surface area contributed by atoms with E-state index < -0.39 is 0 Å². The van der Waals surface area contributed by atoms with E-state index in [1.165, 1.54) is 0 Å². The number of amides is 2. The van der Waals surface area contributed by atoms with Crippen molar-refractivity contribution in [2.24, 2.45) is 4.99 Å². The fourth-order valence-corrected chi connectivity index (χ4v) is 2.26. The van der Waals surface area contributed by atoms with Crippen molar-refractivity contribution in [1.82, 2.24) is 20.9 Å². The Morgan fingerprint density at radius 1 is 1.07 bits per heavy atom. The smallest absolute Gasteiger partial charge is 0.253 e. The molecule has 0 radical (unpaired) electrons. The average molecular weight is 489 g/mol. The van der Waals surface area contributed by atoms with Gasteiger partial charge in [0.05, 0.1) is 0 Å². The second-order valence-electron chi connectivity index (χ2n) is 6.12. The van der Waals surface area contributed by atoms with Gasteiger partial charge in [-0.15, -0.1) is 24.0 Å². The minimum absolute atomic E-state index is 0.